The van der Waals surface area contributed by atoms with Crippen molar-refractivity contribution in [3.05, 3.63) is 57.6 Å². The van der Waals surface area contributed by atoms with E-state index in [0.29, 0.717) is 29.6 Å². The summed E-state index contributed by atoms with van der Waals surface area (Å²) in [6.07, 6.45) is 1.54. The Balaban J connectivity index is 1.77. The molecule has 1 aromatic carbocycles. The molecule has 0 bridgehead atoms. The molecular formula is C16H17N5O3. The topological polar surface area (TPSA) is 99.0 Å². The molecule has 1 N–H and O–H groups in total. The van der Waals surface area contributed by atoms with Crippen LogP contribution in [-0.4, -0.2) is 19.7 Å². The molecular weight excluding hydrogens is 310 g/mol. The van der Waals surface area contributed by atoms with Crippen LogP contribution in [0.5, 0.6) is 0 Å². The first-order valence-corrected chi connectivity index (χ1v) is 7.39. The molecule has 0 aliphatic heterocycles. The third kappa shape index (κ3) is 2.98. The van der Waals surface area contributed by atoms with Crippen LogP contribution in [0.1, 0.15) is 17.0 Å². The Hall–Kier alpha value is -3.16. The van der Waals surface area contributed by atoms with Crippen LogP contribution in [0, 0.1) is 24.0 Å². The zero-order chi connectivity index (χ0) is 17.3. The lowest BCUT2D eigenvalue weighted by Crippen LogP contribution is -2.06. The summed E-state index contributed by atoms with van der Waals surface area (Å²) >= 11 is 0. The summed E-state index contributed by atoms with van der Waals surface area (Å²) in [7, 11) is 1.66. The van der Waals surface area contributed by atoms with Crippen LogP contribution in [0.2, 0.25) is 0 Å². The van der Waals surface area contributed by atoms with Crippen molar-refractivity contribution in [3.8, 4) is 11.5 Å². The Labute approximate surface area is 138 Å². The van der Waals surface area contributed by atoms with Crippen LogP contribution in [0.4, 0.5) is 11.5 Å². The van der Waals surface area contributed by atoms with Crippen molar-refractivity contribution < 1.29 is 9.34 Å². The van der Waals surface area contributed by atoms with Gasteiger partial charge in [0.25, 0.3) is 0 Å². The summed E-state index contributed by atoms with van der Waals surface area (Å²) in [6.45, 7) is 3.92. The molecule has 0 atom stereocenters. The van der Waals surface area contributed by atoms with E-state index in [1.54, 1.807) is 14.0 Å². The van der Waals surface area contributed by atoms with Gasteiger partial charge in [-0.3, -0.25) is 10.1 Å². The highest BCUT2D eigenvalue weighted by molar-refractivity contribution is 5.59. The summed E-state index contributed by atoms with van der Waals surface area (Å²) < 4.78 is 6.94. The van der Waals surface area contributed by atoms with Gasteiger partial charge < -0.3 is 9.73 Å². The lowest BCUT2D eigenvalue weighted by Gasteiger charge is -2.03. The van der Waals surface area contributed by atoms with Crippen molar-refractivity contribution in [2.75, 3.05) is 5.32 Å². The number of nitrogens with zero attached hydrogens (tertiary/aromatic N) is 4. The summed E-state index contributed by atoms with van der Waals surface area (Å²) in [5.74, 6) is 0.861. The Kier molecular flexibility index (Phi) is 4.03. The number of nitrogens with one attached hydrogen (secondary N) is 1. The van der Waals surface area contributed by atoms with Gasteiger partial charge in [0, 0.05) is 12.6 Å². The average Bonchev–Trinajstić information content (AvgIpc) is 3.10. The van der Waals surface area contributed by atoms with Crippen molar-refractivity contribution in [1.29, 1.82) is 0 Å². The number of benzene rings is 1. The molecule has 0 aliphatic carbocycles. The van der Waals surface area contributed by atoms with Crippen molar-refractivity contribution >= 4 is 11.5 Å². The molecule has 0 amide bonds. The van der Waals surface area contributed by atoms with Gasteiger partial charge in [0.15, 0.2) is 0 Å². The fourth-order valence-electron chi connectivity index (χ4n) is 2.45. The first kappa shape index (κ1) is 15.7. The molecule has 2 heterocycles. The maximum Gasteiger partial charge on any atom is 0.333 e. The van der Waals surface area contributed by atoms with Crippen LogP contribution in [0.15, 0.2) is 34.9 Å². The largest absolute Gasteiger partial charge is 0.444 e. The van der Waals surface area contributed by atoms with Gasteiger partial charge in [0.2, 0.25) is 11.7 Å². The SMILES string of the molecule is Cc1ccc(-c2nc(CNc3c([N+](=O)[O-])c(C)nn3C)co2)cc1. The first-order valence-electron chi connectivity index (χ1n) is 7.39. The monoisotopic (exact) mass is 327 g/mol. The van der Waals surface area contributed by atoms with Gasteiger partial charge in [-0.05, 0) is 26.0 Å². The number of oxazole rings is 1. The zero-order valence-electron chi connectivity index (χ0n) is 13.6. The van der Waals surface area contributed by atoms with Crippen LogP contribution in [-0.2, 0) is 13.6 Å². The van der Waals surface area contributed by atoms with Crippen LogP contribution in [0.3, 0.4) is 0 Å². The van der Waals surface area contributed by atoms with E-state index in [9.17, 15) is 10.1 Å². The first-order chi connectivity index (χ1) is 11.5. The number of aromatic nitrogens is 3. The highest BCUT2D eigenvalue weighted by Crippen LogP contribution is 2.28. The Morgan fingerprint density at radius 2 is 2.00 bits per heavy atom. The maximum atomic E-state index is 11.2. The quantitative estimate of drug-likeness (QED) is 0.570. The predicted molar refractivity (Wildman–Crippen MR) is 88.6 cm³/mol. The van der Waals surface area contributed by atoms with Crippen molar-refractivity contribution in [2.45, 2.75) is 20.4 Å². The molecule has 0 unspecified atom stereocenters. The maximum absolute atomic E-state index is 11.2. The van der Waals surface area contributed by atoms with Crippen molar-refractivity contribution in [2.24, 2.45) is 7.05 Å². The Bertz CT molecular complexity index is 880. The second-order valence-electron chi connectivity index (χ2n) is 5.53. The molecule has 0 saturated carbocycles. The van der Waals surface area contributed by atoms with Crippen LogP contribution >= 0.6 is 0 Å². The normalized spacial score (nSPS) is 10.8. The highest BCUT2D eigenvalue weighted by Gasteiger charge is 2.23. The molecule has 8 heteroatoms. The molecule has 0 fully saturated rings. The van der Waals surface area contributed by atoms with Gasteiger partial charge in [-0.25, -0.2) is 9.67 Å². The summed E-state index contributed by atoms with van der Waals surface area (Å²) in [5, 5.41) is 18.2. The fraction of sp³-hybridized carbons (Fsp3) is 0.250. The smallest absolute Gasteiger partial charge is 0.333 e. The van der Waals surface area contributed by atoms with E-state index in [1.807, 2.05) is 31.2 Å². The second kappa shape index (κ2) is 6.15. The highest BCUT2D eigenvalue weighted by atomic mass is 16.6. The third-order valence-electron chi connectivity index (χ3n) is 3.66. The van der Waals surface area contributed by atoms with Gasteiger partial charge in [-0.1, -0.05) is 17.7 Å². The number of hydrogen-bond acceptors (Lipinski definition) is 6. The minimum Gasteiger partial charge on any atom is -0.444 e. The van der Waals surface area contributed by atoms with E-state index >= 15 is 0 Å². The van der Waals surface area contributed by atoms with Crippen molar-refractivity contribution in [3.63, 3.8) is 0 Å². The van der Waals surface area contributed by atoms with Gasteiger partial charge in [0.1, 0.15) is 12.0 Å². The van der Waals surface area contributed by atoms with Crippen LogP contribution in [0.25, 0.3) is 11.5 Å². The standard InChI is InChI=1S/C16H17N5O3/c1-10-4-6-12(7-5-10)16-18-13(9-24-16)8-17-15-14(21(22)23)11(2)19-20(15)3/h4-7,9,17H,8H2,1-3H3. The summed E-state index contributed by atoms with van der Waals surface area (Å²) in [5.41, 5.74) is 3.03. The lowest BCUT2D eigenvalue weighted by molar-refractivity contribution is -0.384. The average molecular weight is 327 g/mol. The van der Waals surface area contributed by atoms with E-state index in [4.69, 9.17) is 4.42 Å². The minimum absolute atomic E-state index is 0.0280. The molecule has 0 radical (unpaired) electrons. The molecule has 24 heavy (non-hydrogen) atoms. The fourth-order valence-corrected chi connectivity index (χ4v) is 2.45. The third-order valence-corrected chi connectivity index (χ3v) is 3.66. The summed E-state index contributed by atoms with van der Waals surface area (Å²) in [6, 6.07) is 7.85. The Morgan fingerprint density at radius 1 is 1.29 bits per heavy atom. The molecule has 2 aromatic heterocycles. The van der Waals surface area contributed by atoms with E-state index < -0.39 is 4.92 Å². The molecule has 3 aromatic rings. The number of aryl methyl sites for hydroxylation is 3. The Morgan fingerprint density at radius 3 is 2.67 bits per heavy atom. The second-order valence-corrected chi connectivity index (χ2v) is 5.53. The van der Waals surface area contributed by atoms with Gasteiger partial charge in [0.05, 0.1) is 17.2 Å². The van der Waals surface area contributed by atoms with E-state index in [2.05, 4.69) is 15.4 Å². The lowest BCUT2D eigenvalue weighted by atomic mass is 10.1. The number of nitro groups is 1. The predicted octanol–water partition coefficient (Wildman–Crippen LogP) is 3.21. The van der Waals surface area contributed by atoms with E-state index in [-0.39, 0.29) is 5.69 Å². The molecule has 8 nitrogen and oxygen atoms in total. The molecule has 3 rings (SSSR count). The number of rotatable bonds is 5. The molecule has 124 valence electrons. The number of hydrogen-bond donors (Lipinski definition) is 1. The molecule has 0 aliphatic rings. The summed E-state index contributed by atoms with van der Waals surface area (Å²) in [4.78, 5) is 15.1. The minimum atomic E-state index is -0.439. The van der Waals surface area contributed by atoms with E-state index in [0.717, 1.165) is 11.1 Å². The molecule has 0 spiro atoms. The van der Waals surface area contributed by atoms with Crippen LogP contribution < -0.4 is 5.32 Å². The zero-order valence-corrected chi connectivity index (χ0v) is 13.6. The van der Waals surface area contributed by atoms with E-state index in [1.165, 1.54) is 10.9 Å². The number of anilines is 1. The van der Waals surface area contributed by atoms with Gasteiger partial charge in [-0.15, -0.1) is 0 Å². The van der Waals surface area contributed by atoms with Gasteiger partial charge >= 0.3 is 5.69 Å². The molecule has 0 saturated heterocycles. The van der Waals surface area contributed by atoms with Crippen molar-refractivity contribution in [1.82, 2.24) is 14.8 Å². The van der Waals surface area contributed by atoms with Gasteiger partial charge in [-0.2, -0.15) is 5.10 Å².